The number of aromatic nitrogens is 1. The van der Waals surface area contributed by atoms with Gasteiger partial charge < -0.3 is 9.30 Å². The average Bonchev–Trinajstić information content (AvgIpc) is 2.72. The van der Waals surface area contributed by atoms with Crippen molar-refractivity contribution in [1.29, 1.82) is 0 Å². The lowest BCUT2D eigenvalue weighted by molar-refractivity contribution is 0.0970. The highest BCUT2D eigenvalue weighted by molar-refractivity contribution is 5.97. The molecule has 0 unspecified atom stereocenters. The van der Waals surface area contributed by atoms with Crippen molar-refractivity contribution in [2.75, 3.05) is 13.1 Å². The van der Waals surface area contributed by atoms with E-state index in [-0.39, 0.29) is 17.9 Å². The third kappa shape index (κ3) is 4.86. The fourth-order valence-electron chi connectivity index (χ4n) is 3.63. The Balaban J connectivity index is 1.39. The first-order valence-electron chi connectivity index (χ1n) is 10.3. The quantitative estimate of drug-likeness (QED) is 0.538. The molecule has 0 spiro atoms. The molecule has 1 fully saturated rings. The summed E-state index contributed by atoms with van der Waals surface area (Å²) < 4.78 is 7.11. The Morgan fingerprint density at radius 3 is 2.47 bits per heavy atom. The molecule has 3 aromatic rings. The minimum atomic E-state index is -0.249. The van der Waals surface area contributed by atoms with Crippen LogP contribution in [0.2, 0.25) is 0 Å². The van der Waals surface area contributed by atoms with E-state index in [1.54, 1.807) is 12.3 Å². The molecule has 0 saturated carbocycles. The summed E-state index contributed by atoms with van der Waals surface area (Å²) in [5.74, 6) is 0.433. The van der Waals surface area contributed by atoms with E-state index in [4.69, 9.17) is 4.74 Å². The Labute approximate surface area is 176 Å². The smallest absolute Gasteiger partial charge is 0.254 e. The van der Waals surface area contributed by atoms with Gasteiger partial charge in [0.05, 0.1) is 6.54 Å². The number of ether oxygens (including phenoxy) is 1. The van der Waals surface area contributed by atoms with E-state index in [0.717, 1.165) is 30.8 Å². The molecule has 30 heavy (non-hydrogen) atoms. The topological polar surface area (TPSA) is 51.5 Å². The van der Waals surface area contributed by atoms with Crippen molar-refractivity contribution in [3.63, 3.8) is 0 Å². The van der Waals surface area contributed by atoms with Gasteiger partial charge in [-0.2, -0.15) is 0 Å². The first kappa shape index (κ1) is 20.1. The molecule has 1 aromatic heterocycles. The molecule has 1 aliphatic rings. The van der Waals surface area contributed by atoms with E-state index in [9.17, 15) is 9.59 Å². The number of likely N-dealkylation sites (tertiary alicyclic amines) is 1. The lowest BCUT2D eigenvalue weighted by Crippen LogP contribution is -2.36. The molecule has 0 amide bonds. The zero-order valence-corrected chi connectivity index (χ0v) is 17.2. The van der Waals surface area contributed by atoms with Gasteiger partial charge in [-0.05, 0) is 49.2 Å². The van der Waals surface area contributed by atoms with Crippen molar-refractivity contribution in [1.82, 2.24) is 9.47 Å². The summed E-state index contributed by atoms with van der Waals surface area (Å²) in [6, 6.07) is 18.9. The molecule has 0 atom stereocenters. The van der Waals surface area contributed by atoms with Crippen LogP contribution in [0.4, 0.5) is 0 Å². The number of rotatable bonds is 8. The van der Waals surface area contributed by atoms with Crippen molar-refractivity contribution >= 4 is 5.78 Å². The van der Waals surface area contributed by atoms with Crippen LogP contribution in [-0.2, 0) is 19.7 Å². The van der Waals surface area contributed by atoms with Gasteiger partial charge in [-0.3, -0.25) is 14.5 Å². The van der Waals surface area contributed by atoms with Crippen LogP contribution in [0.25, 0.3) is 0 Å². The number of carbonyl (C=O) groups is 1. The molecular formula is C25H26N2O3. The molecule has 5 nitrogen and oxygen atoms in total. The number of hydrogen-bond acceptors (Lipinski definition) is 4. The number of carbonyl (C=O) groups excluding carboxylic acids is 1. The normalized spacial score (nSPS) is 13.6. The van der Waals surface area contributed by atoms with Crippen LogP contribution in [0.3, 0.4) is 0 Å². The minimum Gasteiger partial charge on any atom is -0.489 e. The first-order valence-corrected chi connectivity index (χ1v) is 10.3. The highest BCUT2D eigenvalue weighted by Gasteiger charge is 2.16. The lowest BCUT2D eigenvalue weighted by atomic mass is 10.0. The molecule has 0 bridgehead atoms. The molecule has 1 aliphatic heterocycles. The van der Waals surface area contributed by atoms with Crippen LogP contribution in [0.15, 0.2) is 71.7 Å². The Bertz CT molecular complexity index is 1090. The third-order valence-corrected chi connectivity index (χ3v) is 5.48. The average molecular weight is 402 g/mol. The van der Waals surface area contributed by atoms with Gasteiger partial charge in [-0.15, -0.1) is 0 Å². The maximum absolute atomic E-state index is 12.8. The minimum absolute atomic E-state index is 0.0180. The Hall–Kier alpha value is -3.18. The molecule has 1 saturated heterocycles. The van der Waals surface area contributed by atoms with E-state index >= 15 is 0 Å². The fourth-order valence-corrected chi connectivity index (χ4v) is 3.63. The van der Waals surface area contributed by atoms with E-state index < -0.39 is 0 Å². The van der Waals surface area contributed by atoms with E-state index in [1.807, 2.05) is 49.4 Å². The second kappa shape index (κ2) is 9.09. The van der Waals surface area contributed by atoms with E-state index in [0.29, 0.717) is 17.9 Å². The number of hydrogen-bond donors (Lipinski definition) is 0. The van der Waals surface area contributed by atoms with Crippen molar-refractivity contribution in [2.24, 2.45) is 0 Å². The molecular weight excluding hydrogens is 376 g/mol. The summed E-state index contributed by atoms with van der Waals surface area (Å²) in [6.45, 7) is 5.59. The Kier molecular flexibility index (Phi) is 6.10. The van der Waals surface area contributed by atoms with Crippen LogP contribution in [-0.4, -0.2) is 28.3 Å². The van der Waals surface area contributed by atoms with Gasteiger partial charge in [0, 0.05) is 24.4 Å². The summed E-state index contributed by atoms with van der Waals surface area (Å²) in [4.78, 5) is 27.6. The fraction of sp³-hybridized carbons (Fsp3) is 0.280. The zero-order chi connectivity index (χ0) is 20.9. The molecule has 4 rings (SSSR count). The van der Waals surface area contributed by atoms with Gasteiger partial charge in [-0.1, -0.05) is 48.5 Å². The maximum atomic E-state index is 12.8. The standard InChI is InChI=1S/C25H26N2O3/c1-19-14-21(16-26-11-5-12-26)8-9-23(19)24(28)17-27-13-10-22(15-25(27)29)30-18-20-6-3-2-4-7-20/h2-4,6-10,13-15H,5,11-12,16-18H2,1H3. The van der Waals surface area contributed by atoms with Gasteiger partial charge in [0.15, 0.2) is 5.78 Å². The van der Waals surface area contributed by atoms with Crippen molar-refractivity contribution in [3.05, 3.63) is 99.5 Å². The molecule has 0 radical (unpaired) electrons. The van der Waals surface area contributed by atoms with Crippen molar-refractivity contribution in [3.8, 4) is 5.75 Å². The molecule has 5 heteroatoms. The highest BCUT2D eigenvalue weighted by atomic mass is 16.5. The number of pyridine rings is 1. The van der Waals surface area contributed by atoms with Gasteiger partial charge >= 0.3 is 0 Å². The number of aryl methyl sites for hydroxylation is 1. The van der Waals surface area contributed by atoms with Gasteiger partial charge in [-0.25, -0.2) is 0 Å². The van der Waals surface area contributed by atoms with Gasteiger partial charge in [0.1, 0.15) is 12.4 Å². The number of nitrogens with zero attached hydrogens (tertiary/aromatic N) is 2. The van der Waals surface area contributed by atoms with Crippen molar-refractivity contribution in [2.45, 2.75) is 33.0 Å². The van der Waals surface area contributed by atoms with Crippen LogP contribution >= 0.6 is 0 Å². The summed E-state index contributed by atoms with van der Waals surface area (Å²) >= 11 is 0. The highest BCUT2D eigenvalue weighted by Crippen LogP contribution is 2.17. The van der Waals surface area contributed by atoms with Crippen molar-refractivity contribution < 1.29 is 9.53 Å². The third-order valence-electron chi connectivity index (χ3n) is 5.48. The van der Waals surface area contributed by atoms with Crippen LogP contribution in [0.5, 0.6) is 5.75 Å². The number of Topliss-reactive ketones (excluding diaryl/α,β-unsaturated/α-hetero) is 1. The molecule has 2 heterocycles. The second-order valence-corrected chi connectivity index (χ2v) is 7.81. The molecule has 0 aliphatic carbocycles. The summed E-state index contributed by atoms with van der Waals surface area (Å²) in [7, 11) is 0. The monoisotopic (exact) mass is 402 g/mol. The van der Waals surface area contributed by atoms with E-state index in [1.165, 1.54) is 22.6 Å². The van der Waals surface area contributed by atoms with Crippen LogP contribution in [0.1, 0.15) is 33.5 Å². The molecule has 2 aromatic carbocycles. The predicted octanol–water partition coefficient (Wildman–Crippen LogP) is 3.82. The van der Waals surface area contributed by atoms with Gasteiger partial charge in [0.2, 0.25) is 0 Å². The lowest BCUT2D eigenvalue weighted by Gasteiger charge is -2.30. The predicted molar refractivity (Wildman–Crippen MR) is 117 cm³/mol. The first-order chi connectivity index (χ1) is 14.6. The summed E-state index contributed by atoms with van der Waals surface area (Å²) in [5.41, 5.74) is 3.62. The van der Waals surface area contributed by atoms with Gasteiger partial charge in [0.25, 0.3) is 5.56 Å². The Morgan fingerprint density at radius 1 is 1.00 bits per heavy atom. The number of ketones is 1. The molecule has 0 N–H and O–H groups in total. The number of benzene rings is 2. The maximum Gasteiger partial charge on any atom is 0.254 e. The van der Waals surface area contributed by atoms with E-state index in [2.05, 4.69) is 11.0 Å². The largest absolute Gasteiger partial charge is 0.489 e. The second-order valence-electron chi connectivity index (χ2n) is 7.81. The molecule has 154 valence electrons. The van der Waals surface area contributed by atoms with Crippen LogP contribution < -0.4 is 10.3 Å². The zero-order valence-electron chi connectivity index (χ0n) is 17.2. The summed E-state index contributed by atoms with van der Waals surface area (Å²) in [5, 5.41) is 0. The Morgan fingerprint density at radius 2 is 1.80 bits per heavy atom. The summed E-state index contributed by atoms with van der Waals surface area (Å²) in [6.07, 6.45) is 2.88. The van der Waals surface area contributed by atoms with Crippen LogP contribution in [0, 0.1) is 6.92 Å². The SMILES string of the molecule is Cc1cc(CN2CCC2)ccc1C(=O)Cn1ccc(OCc2ccccc2)cc1=O.